The molecule has 1 aromatic heterocycles. The predicted octanol–water partition coefficient (Wildman–Crippen LogP) is 3.50. The minimum Gasteiger partial charge on any atom is -0.394 e. The van der Waals surface area contributed by atoms with E-state index in [0.29, 0.717) is 11.1 Å². The summed E-state index contributed by atoms with van der Waals surface area (Å²) in [4.78, 5) is 7.96. The summed E-state index contributed by atoms with van der Waals surface area (Å²) in [5.74, 6) is 0.832. The number of H-pyrrole nitrogens is 1. The molecule has 3 N–H and O–H groups in total. The summed E-state index contributed by atoms with van der Waals surface area (Å²) in [6.07, 6.45) is 0. The quantitative estimate of drug-likeness (QED) is 0.807. The topological polar surface area (TPSA) is 60.4 Å². The van der Waals surface area contributed by atoms with Crippen LogP contribution >= 0.6 is 23.4 Å². The molecule has 0 amide bonds. The number of aromatic nitrogens is 1. The Kier molecular flexibility index (Phi) is 4.15. The second-order valence-corrected chi connectivity index (χ2v) is 6.93. The molecule has 21 heavy (non-hydrogen) atoms. The number of aromatic amines is 1. The highest BCUT2D eigenvalue weighted by Crippen LogP contribution is 2.31. The maximum Gasteiger partial charge on any atom is 0.115 e. The van der Waals surface area contributed by atoms with Crippen molar-refractivity contribution in [1.82, 2.24) is 4.98 Å². The lowest BCUT2D eigenvalue weighted by Gasteiger charge is -2.11. The number of rotatable bonds is 4. The first kappa shape index (κ1) is 14.8. The van der Waals surface area contributed by atoms with Crippen molar-refractivity contribution >= 4 is 45.0 Å². The average molecular weight is 324 g/mol. The van der Waals surface area contributed by atoms with E-state index in [2.05, 4.69) is 35.2 Å². The Balaban J connectivity index is 2.03. The van der Waals surface area contributed by atoms with E-state index in [1.165, 1.54) is 0 Å². The number of aliphatic hydroxyl groups is 1. The second-order valence-electron chi connectivity index (χ2n) is 5.48. The molecule has 0 saturated carbocycles. The van der Waals surface area contributed by atoms with Gasteiger partial charge in [-0.25, -0.2) is 0 Å². The molecular weight excluding hydrogens is 306 g/mol. The number of fused-ring (bicyclic) bond motifs is 1. The number of aliphatic hydroxyl groups excluding tert-OH is 1. The molecule has 0 bridgehead atoms. The lowest BCUT2D eigenvalue weighted by Crippen LogP contribution is -2.10. The summed E-state index contributed by atoms with van der Waals surface area (Å²) >= 11 is 7.87. The zero-order chi connectivity index (χ0) is 15.0. The summed E-state index contributed by atoms with van der Waals surface area (Å²) in [5.41, 5.74) is 3.03. The van der Waals surface area contributed by atoms with Crippen molar-refractivity contribution in [3.05, 3.63) is 28.9 Å². The monoisotopic (exact) mass is 323 g/mol. The maximum atomic E-state index is 9.19. The third-order valence-electron chi connectivity index (χ3n) is 3.29. The van der Waals surface area contributed by atoms with E-state index in [1.807, 2.05) is 12.1 Å². The first-order valence-corrected chi connectivity index (χ1v) is 8.34. The molecule has 0 saturated heterocycles. The molecule has 0 aliphatic carbocycles. The average Bonchev–Trinajstić information content (AvgIpc) is 3.02. The molecule has 0 radical (unpaired) electrons. The van der Waals surface area contributed by atoms with Gasteiger partial charge in [-0.3, -0.25) is 4.99 Å². The summed E-state index contributed by atoms with van der Waals surface area (Å²) in [6, 6.07) is 6.29. The van der Waals surface area contributed by atoms with Gasteiger partial charge < -0.3 is 15.4 Å². The van der Waals surface area contributed by atoms with E-state index >= 15 is 0 Å². The highest BCUT2D eigenvalue weighted by atomic mass is 35.5. The Morgan fingerprint density at radius 2 is 2.29 bits per heavy atom. The fourth-order valence-corrected chi connectivity index (χ4v) is 3.65. The van der Waals surface area contributed by atoms with Crippen LogP contribution in [-0.2, 0) is 0 Å². The molecule has 2 aromatic rings. The maximum absolute atomic E-state index is 9.19. The molecule has 6 heteroatoms. The molecule has 0 unspecified atom stereocenters. The van der Waals surface area contributed by atoms with Crippen LogP contribution < -0.4 is 5.32 Å². The van der Waals surface area contributed by atoms with Crippen molar-refractivity contribution in [1.29, 1.82) is 0 Å². The van der Waals surface area contributed by atoms with Gasteiger partial charge in [0.25, 0.3) is 0 Å². The number of nitrogens with zero attached hydrogens (tertiary/aromatic N) is 1. The van der Waals surface area contributed by atoms with Crippen LogP contribution in [0.15, 0.2) is 23.2 Å². The molecule has 3 rings (SSSR count). The normalized spacial score (nSPS) is 18.5. The third-order valence-corrected chi connectivity index (χ3v) is 4.66. The van der Waals surface area contributed by atoms with Crippen LogP contribution in [0.25, 0.3) is 10.9 Å². The van der Waals surface area contributed by atoms with Crippen molar-refractivity contribution in [3.63, 3.8) is 0 Å². The van der Waals surface area contributed by atoms with E-state index < -0.39 is 0 Å². The Labute approximate surface area is 133 Å². The predicted molar refractivity (Wildman–Crippen MR) is 91.9 cm³/mol. The lowest BCUT2D eigenvalue weighted by molar-refractivity contribution is 0.277. The van der Waals surface area contributed by atoms with Crippen LogP contribution in [0, 0.1) is 0 Å². The molecule has 1 aromatic carbocycles. The summed E-state index contributed by atoms with van der Waals surface area (Å²) in [5, 5.41) is 15.3. The summed E-state index contributed by atoms with van der Waals surface area (Å²) in [6.45, 7) is 4.29. The van der Waals surface area contributed by atoms with E-state index in [9.17, 15) is 5.11 Å². The van der Waals surface area contributed by atoms with Gasteiger partial charge in [-0.2, -0.15) is 0 Å². The van der Waals surface area contributed by atoms with Gasteiger partial charge in [0.2, 0.25) is 0 Å². The van der Waals surface area contributed by atoms with Crippen molar-refractivity contribution in [2.75, 3.05) is 17.7 Å². The van der Waals surface area contributed by atoms with Gasteiger partial charge in [0.05, 0.1) is 29.5 Å². The number of thioether (sulfide) groups is 1. The first-order chi connectivity index (χ1) is 10.1. The second kappa shape index (κ2) is 5.91. The number of hydrogen-bond acceptors (Lipinski definition) is 4. The largest absolute Gasteiger partial charge is 0.394 e. The number of benzene rings is 1. The van der Waals surface area contributed by atoms with Crippen molar-refractivity contribution in [2.45, 2.75) is 25.9 Å². The lowest BCUT2D eigenvalue weighted by atomic mass is 10.2. The van der Waals surface area contributed by atoms with E-state index in [-0.39, 0.29) is 12.6 Å². The number of halogens is 1. The zero-order valence-corrected chi connectivity index (χ0v) is 13.6. The van der Waals surface area contributed by atoms with E-state index in [1.54, 1.807) is 11.8 Å². The van der Waals surface area contributed by atoms with Crippen molar-refractivity contribution < 1.29 is 5.11 Å². The van der Waals surface area contributed by atoms with Crippen LogP contribution in [0.2, 0.25) is 5.02 Å². The minimum atomic E-state index is 0.00765. The highest BCUT2D eigenvalue weighted by molar-refractivity contribution is 8.14. The van der Waals surface area contributed by atoms with Crippen molar-refractivity contribution in [2.24, 2.45) is 4.99 Å². The van der Waals surface area contributed by atoms with Gasteiger partial charge in [-0.1, -0.05) is 11.6 Å². The SMILES string of the molecule is CC(C)Nc1cc(Cl)cc2cc(C3=N[C@H](CO)CS3)[nH]c12. The molecule has 4 nitrogen and oxygen atoms in total. The summed E-state index contributed by atoms with van der Waals surface area (Å²) in [7, 11) is 0. The smallest absolute Gasteiger partial charge is 0.115 e. The molecule has 1 aliphatic rings. The van der Waals surface area contributed by atoms with Crippen LogP contribution in [0.4, 0.5) is 5.69 Å². The zero-order valence-electron chi connectivity index (χ0n) is 12.0. The molecule has 0 spiro atoms. The van der Waals surface area contributed by atoms with Crippen LogP contribution in [0.3, 0.4) is 0 Å². The fourth-order valence-electron chi connectivity index (χ4n) is 2.40. The molecule has 1 aliphatic heterocycles. The van der Waals surface area contributed by atoms with E-state index in [4.69, 9.17) is 11.6 Å². The molecular formula is C15H18ClN3OS. The Bertz CT molecular complexity index is 696. The van der Waals surface area contributed by atoms with Gasteiger partial charge in [0.1, 0.15) is 5.04 Å². The van der Waals surface area contributed by atoms with Gasteiger partial charge in [0.15, 0.2) is 0 Å². The fraction of sp³-hybridized carbons (Fsp3) is 0.400. The molecule has 1 atom stereocenters. The Morgan fingerprint density at radius 3 is 2.95 bits per heavy atom. The van der Waals surface area contributed by atoms with Crippen LogP contribution in [-0.4, -0.2) is 39.6 Å². The number of nitrogens with one attached hydrogen (secondary N) is 2. The van der Waals surface area contributed by atoms with Crippen LogP contribution in [0.1, 0.15) is 19.5 Å². The molecule has 112 valence electrons. The number of aliphatic imine (C=N–C) groups is 1. The van der Waals surface area contributed by atoms with Crippen molar-refractivity contribution in [3.8, 4) is 0 Å². The third kappa shape index (κ3) is 3.05. The van der Waals surface area contributed by atoms with E-state index in [0.717, 1.165) is 33.1 Å². The highest BCUT2D eigenvalue weighted by Gasteiger charge is 2.20. The first-order valence-electron chi connectivity index (χ1n) is 6.97. The van der Waals surface area contributed by atoms with Gasteiger partial charge in [-0.15, -0.1) is 11.8 Å². The van der Waals surface area contributed by atoms with Gasteiger partial charge in [-0.05, 0) is 32.0 Å². The number of hydrogen-bond donors (Lipinski definition) is 3. The summed E-state index contributed by atoms with van der Waals surface area (Å²) < 4.78 is 0. The van der Waals surface area contributed by atoms with Crippen LogP contribution in [0.5, 0.6) is 0 Å². The Hall–Kier alpha value is -1.17. The standard InChI is InChI=1S/C15H18ClN3OS/c1-8(2)17-12-5-10(16)3-9-4-13(19-14(9)12)15-18-11(6-20)7-21-15/h3-5,8,11,17,19-20H,6-7H2,1-2H3/t11-/m1/s1. The Morgan fingerprint density at radius 1 is 1.48 bits per heavy atom. The van der Waals surface area contributed by atoms with Gasteiger partial charge in [0, 0.05) is 22.2 Å². The number of anilines is 1. The minimum absolute atomic E-state index is 0.00765. The molecule has 2 heterocycles. The van der Waals surface area contributed by atoms with Gasteiger partial charge >= 0.3 is 0 Å². The molecule has 0 fully saturated rings.